The van der Waals surface area contributed by atoms with E-state index in [-0.39, 0.29) is 58.5 Å². The summed E-state index contributed by atoms with van der Waals surface area (Å²) in [6, 6.07) is 9.91. The number of halogens is 4. The molecule has 0 radical (unpaired) electrons. The van der Waals surface area contributed by atoms with Gasteiger partial charge in [-0.3, -0.25) is 4.79 Å². The van der Waals surface area contributed by atoms with Crippen LogP contribution >= 0.6 is 0 Å². The molecule has 37 heavy (non-hydrogen) atoms. The van der Waals surface area contributed by atoms with Crippen molar-refractivity contribution in [3.05, 3.63) is 53.8 Å². The molecule has 196 valence electrons. The SMILES string of the molecule is CCOC(=O)Cc1ccc(-n2c(O)c3c(OCC)c4ccccc4c(OCC(F)(F)F)c3c2O)c(F)c1. The molecular weight excluding hydrogens is 498 g/mol. The number of hydrogen-bond acceptors (Lipinski definition) is 6. The second kappa shape index (κ2) is 10.1. The van der Waals surface area contributed by atoms with Crippen LogP contribution in [0.3, 0.4) is 0 Å². The maximum atomic E-state index is 15.2. The number of carbonyl (C=O) groups is 1. The molecule has 0 saturated carbocycles. The van der Waals surface area contributed by atoms with Crippen LogP contribution in [-0.4, -0.2) is 46.7 Å². The van der Waals surface area contributed by atoms with E-state index in [2.05, 4.69) is 0 Å². The molecule has 1 heterocycles. The van der Waals surface area contributed by atoms with Crippen molar-refractivity contribution in [2.75, 3.05) is 19.8 Å². The Morgan fingerprint density at radius 3 is 2.03 bits per heavy atom. The van der Waals surface area contributed by atoms with Gasteiger partial charge in [0, 0.05) is 10.8 Å². The largest absolute Gasteiger partial charge is 0.494 e. The molecule has 0 aliphatic carbocycles. The second-order valence-electron chi connectivity index (χ2n) is 8.04. The summed E-state index contributed by atoms with van der Waals surface area (Å²) in [7, 11) is 0. The van der Waals surface area contributed by atoms with Crippen LogP contribution in [0.2, 0.25) is 0 Å². The van der Waals surface area contributed by atoms with Gasteiger partial charge in [-0.1, -0.05) is 30.3 Å². The lowest BCUT2D eigenvalue weighted by atomic mass is 10.0. The highest BCUT2D eigenvalue weighted by atomic mass is 19.4. The lowest BCUT2D eigenvalue weighted by Crippen LogP contribution is -2.19. The van der Waals surface area contributed by atoms with Crippen molar-refractivity contribution in [3.63, 3.8) is 0 Å². The number of ether oxygens (including phenoxy) is 3. The summed E-state index contributed by atoms with van der Waals surface area (Å²) in [5.41, 5.74) is -0.0302. The van der Waals surface area contributed by atoms with E-state index in [0.717, 1.165) is 10.6 Å². The first-order chi connectivity index (χ1) is 17.6. The number of benzene rings is 3. The maximum Gasteiger partial charge on any atom is 0.422 e. The van der Waals surface area contributed by atoms with Gasteiger partial charge in [-0.2, -0.15) is 13.2 Å². The van der Waals surface area contributed by atoms with E-state index in [1.165, 1.54) is 18.2 Å². The van der Waals surface area contributed by atoms with Crippen molar-refractivity contribution in [1.29, 1.82) is 0 Å². The Bertz CT molecular complexity index is 1480. The summed E-state index contributed by atoms with van der Waals surface area (Å²) in [4.78, 5) is 11.8. The van der Waals surface area contributed by atoms with Gasteiger partial charge in [0.05, 0.1) is 36.1 Å². The Morgan fingerprint density at radius 1 is 0.919 bits per heavy atom. The standard InChI is InChI=1S/C26H23F4NO6/c1-3-35-19(32)12-14-9-10-18(17(27)11-14)31-24(33)20-21(25(31)34)23(37-13-26(28,29)30)16-8-6-5-7-15(16)22(20)36-4-2/h5-11,33-34H,3-4,12-13H2,1-2H3. The molecule has 11 heteroatoms. The van der Waals surface area contributed by atoms with E-state index in [0.29, 0.717) is 5.39 Å². The van der Waals surface area contributed by atoms with Crippen LogP contribution in [-0.2, 0) is 16.0 Å². The zero-order valence-corrected chi connectivity index (χ0v) is 19.9. The second-order valence-corrected chi connectivity index (χ2v) is 8.04. The topological polar surface area (TPSA) is 90.2 Å². The maximum absolute atomic E-state index is 15.2. The predicted molar refractivity (Wildman–Crippen MR) is 127 cm³/mol. The van der Waals surface area contributed by atoms with Gasteiger partial charge in [-0.15, -0.1) is 0 Å². The number of rotatable bonds is 8. The summed E-state index contributed by atoms with van der Waals surface area (Å²) in [5.74, 6) is -3.17. The number of carbonyl (C=O) groups excluding carboxylic acids is 1. The molecule has 0 amide bonds. The summed E-state index contributed by atoms with van der Waals surface area (Å²) < 4.78 is 70.9. The number of hydrogen-bond donors (Lipinski definition) is 2. The molecule has 0 aliphatic rings. The van der Waals surface area contributed by atoms with Gasteiger partial charge in [0.15, 0.2) is 6.61 Å². The third-order valence-electron chi connectivity index (χ3n) is 5.57. The molecular formula is C26H23F4NO6. The molecule has 4 aromatic rings. The Hall–Kier alpha value is -4.15. The number of nitrogens with zero attached hydrogens (tertiary/aromatic N) is 1. The van der Waals surface area contributed by atoms with Crippen LogP contribution in [0.15, 0.2) is 42.5 Å². The number of alkyl halides is 3. The first-order valence-corrected chi connectivity index (χ1v) is 11.3. The van der Waals surface area contributed by atoms with Crippen LogP contribution in [0, 0.1) is 5.82 Å². The normalized spacial score (nSPS) is 11.7. The van der Waals surface area contributed by atoms with Crippen molar-refractivity contribution < 1.29 is 46.8 Å². The summed E-state index contributed by atoms with van der Waals surface area (Å²) in [6.45, 7) is 1.93. The molecule has 4 rings (SSSR count). The lowest BCUT2D eigenvalue weighted by Gasteiger charge is -2.16. The summed E-state index contributed by atoms with van der Waals surface area (Å²) >= 11 is 0. The number of aromatic nitrogens is 1. The molecule has 0 spiro atoms. The molecule has 3 aromatic carbocycles. The average molecular weight is 521 g/mol. The zero-order chi connectivity index (χ0) is 26.9. The third kappa shape index (κ3) is 4.93. The van der Waals surface area contributed by atoms with Gasteiger partial charge in [0.1, 0.15) is 17.3 Å². The molecule has 0 unspecified atom stereocenters. The fourth-order valence-electron chi connectivity index (χ4n) is 4.17. The van der Waals surface area contributed by atoms with Crippen LogP contribution < -0.4 is 9.47 Å². The van der Waals surface area contributed by atoms with Gasteiger partial charge in [-0.05, 0) is 31.5 Å². The highest BCUT2D eigenvalue weighted by molar-refractivity contribution is 6.15. The first-order valence-electron chi connectivity index (χ1n) is 11.3. The molecule has 0 saturated heterocycles. The van der Waals surface area contributed by atoms with E-state index in [4.69, 9.17) is 14.2 Å². The van der Waals surface area contributed by atoms with Crippen molar-refractivity contribution in [2.45, 2.75) is 26.4 Å². The fraction of sp³-hybridized carbons (Fsp3) is 0.269. The molecule has 0 fully saturated rings. The smallest absolute Gasteiger partial charge is 0.422 e. The van der Waals surface area contributed by atoms with Crippen molar-refractivity contribution >= 4 is 27.5 Å². The van der Waals surface area contributed by atoms with Gasteiger partial charge >= 0.3 is 12.1 Å². The van der Waals surface area contributed by atoms with Gasteiger partial charge < -0.3 is 24.4 Å². The quantitative estimate of drug-likeness (QED) is 0.226. The van der Waals surface area contributed by atoms with Crippen molar-refractivity contribution in [3.8, 4) is 28.9 Å². The summed E-state index contributed by atoms with van der Waals surface area (Å²) in [6.07, 6.45) is -4.89. The minimum Gasteiger partial charge on any atom is -0.494 e. The van der Waals surface area contributed by atoms with Gasteiger partial charge in [0.25, 0.3) is 0 Å². The number of esters is 1. The number of aromatic hydroxyl groups is 2. The highest BCUT2D eigenvalue weighted by Gasteiger charge is 2.33. The minimum absolute atomic E-state index is 0.0818. The van der Waals surface area contributed by atoms with Crippen LogP contribution in [0.4, 0.5) is 17.6 Å². The highest BCUT2D eigenvalue weighted by Crippen LogP contribution is 2.52. The van der Waals surface area contributed by atoms with E-state index in [1.807, 2.05) is 0 Å². The Morgan fingerprint density at radius 2 is 1.51 bits per heavy atom. The van der Waals surface area contributed by atoms with Gasteiger partial charge in [0.2, 0.25) is 11.8 Å². The van der Waals surface area contributed by atoms with E-state index in [1.54, 1.807) is 32.0 Å². The Balaban J connectivity index is 1.98. The van der Waals surface area contributed by atoms with E-state index >= 15 is 4.39 Å². The average Bonchev–Trinajstić information content (AvgIpc) is 3.08. The van der Waals surface area contributed by atoms with E-state index < -0.39 is 36.3 Å². The van der Waals surface area contributed by atoms with Crippen molar-refractivity contribution in [1.82, 2.24) is 4.57 Å². The molecule has 2 N–H and O–H groups in total. The lowest BCUT2D eigenvalue weighted by molar-refractivity contribution is -0.153. The Labute approximate surface area is 208 Å². The molecule has 0 aliphatic heterocycles. The molecule has 7 nitrogen and oxygen atoms in total. The van der Waals surface area contributed by atoms with Gasteiger partial charge in [-0.25, -0.2) is 8.96 Å². The first kappa shape index (κ1) is 25.9. The summed E-state index contributed by atoms with van der Waals surface area (Å²) in [5, 5.41) is 22.4. The molecule has 1 aromatic heterocycles. The minimum atomic E-state index is -4.69. The number of fused-ring (bicyclic) bond motifs is 2. The van der Waals surface area contributed by atoms with Crippen LogP contribution in [0.25, 0.3) is 27.2 Å². The van der Waals surface area contributed by atoms with Crippen LogP contribution in [0.1, 0.15) is 19.4 Å². The third-order valence-corrected chi connectivity index (χ3v) is 5.57. The van der Waals surface area contributed by atoms with Crippen LogP contribution in [0.5, 0.6) is 23.3 Å². The van der Waals surface area contributed by atoms with Crippen molar-refractivity contribution in [2.24, 2.45) is 0 Å². The predicted octanol–water partition coefficient (Wildman–Crippen LogP) is 5.78. The molecule has 0 bridgehead atoms. The Kier molecular flexibility index (Phi) is 7.06. The fourth-order valence-corrected chi connectivity index (χ4v) is 4.17. The molecule has 0 atom stereocenters. The monoisotopic (exact) mass is 521 g/mol. The zero-order valence-electron chi connectivity index (χ0n) is 19.9. The van der Waals surface area contributed by atoms with E-state index in [9.17, 15) is 28.2 Å².